The lowest BCUT2D eigenvalue weighted by atomic mass is 10.0. The van der Waals surface area contributed by atoms with Crippen molar-refractivity contribution in [2.45, 2.75) is 19.1 Å². The van der Waals surface area contributed by atoms with Gasteiger partial charge in [-0.2, -0.15) is 0 Å². The highest BCUT2D eigenvalue weighted by Gasteiger charge is 2.35. The second-order valence-corrected chi connectivity index (χ2v) is 2.65. The Morgan fingerprint density at radius 1 is 1.70 bits per heavy atom. The number of carboxylic acids is 1. The summed E-state index contributed by atoms with van der Waals surface area (Å²) in [5.41, 5.74) is 0. The van der Waals surface area contributed by atoms with Gasteiger partial charge in [0.05, 0.1) is 6.10 Å². The van der Waals surface area contributed by atoms with Crippen molar-refractivity contribution >= 4 is 5.97 Å². The maximum Gasteiger partial charge on any atom is 0.321 e. The van der Waals surface area contributed by atoms with Gasteiger partial charge in [0.15, 0.2) is 0 Å². The summed E-state index contributed by atoms with van der Waals surface area (Å²) >= 11 is 0. The number of β-amino-alcohol motifs (C(OH)–C–C–N with tert-alkyl or cyclic N) is 1. The van der Waals surface area contributed by atoms with Crippen LogP contribution in [0.15, 0.2) is 0 Å². The monoisotopic (exact) mass is 145 g/mol. The van der Waals surface area contributed by atoms with Gasteiger partial charge in [0.2, 0.25) is 0 Å². The molecule has 1 aliphatic rings. The average Bonchev–Trinajstić information content (AvgIpc) is 2.14. The molecule has 0 bridgehead atoms. The maximum absolute atomic E-state index is 10.4. The molecule has 1 fully saturated rings. The van der Waals surface area contributed by atoms with E-state index in [1.54, 1.807) is 6.92 Å². The summed E-state index contributed by atoms with van der Waals surface area (Å²) in [6.45, 7) is 2.11. The van der Waals surface area contributed by atoms with E-state index in [0.29, 0.717) is 6.54 Å². The molecule has 0 aromatic carbocycles. The Labute approximate surface area is 58.9 Å². The Morgan fingerprint density at radius 2 is 2.30 bits per heavy atom. The lowest BCUT2D eigenvalue weighted by molar-refractivity contribution is -0.140. The van der Waals surface area contributed by atoms with Crippen LogP contribution in [0, 0.1) is 5.92 Å². The molecule has 1 aliphatic heterocycles. The molecule has 0 spiro atoms. The average molecular weight is 145 g/mol. The summed E-state index contributed by atoms with van der Waals surface area (Å²) in [6, 6.07) is -0.574. The lowest BCUT2D eigenvalue weighted by Crippen LogP contribution is -2.34. The number of rotatable bonds is 1. The molecule has 4 nitrogen and oxygen atoms in total. The highest BCUT2D eigenvalue weighted by atomic mass is 16.4. The molecule has 4 heteroatoms. The van der Waals surface area contributed by atoms with Gasteiger partial charge in [-0.25, -0.2) is 0 Å². The minimum atomic E-state index is -0.885. The van der Waals surface area contributed by atoms with Gasteiger partial charge in [0.25, 0.3) is 0 Å². The van der Waals surface area contributed by atoms with Crippen LogP contribution in [-0.4, -0.2) is 34.9 Å². The first-order chi connectivity index (χ1) is 4.63. The molecule has 0 aliphatic carbocycles. The third kappa shape index (κ3) is 1.12. The van der Waals surface area contributed by atoms with E-state index in [2.05, 4.69) is 5.32 Å². The molecule has 1 rings (SSSR count). The van der Waals surface area contributed by atoms with Crippen molar-refractivity contribution < 1.29 is 15.0 Å². The molecule has 0 saturated carbocycles. The molecule has 3 atom stereocenters. The highest BCUT2D eigenvalue weighted by molar-refractivity contribution is 5.74. The third-order valence-electron chi connectivity index (χ3n) is 1.95. The van der Waals surface area contributed by atoms with Crippen molar-refractivity contribution in [3.05, 3.63) is 0 Å². The Kier molecular flexibility index (Phi) is 1.92. The van der Waals surface area contributed by atoms with Crippen LogP contribution >= 0.6 is 0 Å². The van der Waals surface area contributed by atoms with Crippen LogP contribution in [0.5, 0.6) is 0 Å². The third-order valence-corrected chi connectivity index (χ3v) is 1.95. The van der Waals surface area contributed by atoms with Crippen molar-refractivity contribution in [2.75, 3.05) is 6.54 Å². The van der Waals surface area contributed by atoms with E-state index in [1.165, 1.54) is 0 Å². The van der Waals surface area contributed by atoms with E-state index < -0.39 is 18.1 Å². The molecular formula is C6H11NO3. The molecule has 0 amide bonds. The molecule has 0 aromatic heterocycles. The second-order valence-electron chi connectivity index (χ2n) is 2.65. The largest absolute Gasteiger partial charge is 0.480 e. The van der Waals surface area contributed by atoms with Crippen molar-refractivity contribution in [2.24, 2.45) is 5.92 Å². The Hall–Kier alpha value is -0.610. The van der Waals surface area contributed by atoms with Crippen LogP contribution in [0.2, 0.25) is 0 Å². The van der Waals surface area contributed by atoms with E-state index in [-0.39, 0.29) is 5.92 Å². The van der Waals surface area contributed by atoms with Crippen LogP contribution in [0.25, 0.3) is 0 Å². The molecule has 0 radical (unpaired) electrons. The van der Waals surface area contributed by atoms with E-state index in [9.17, 15) is 4.79 Å². The molecule has 3 N–H and O–H groups in total. The molecule has 1 saturated heterocycles. The van der Waals surface area contributed by atoms with Gasteiger partial charge in [-0.1, -0.05) is 6.92 Å². The van der Waals surface area contributed by atoms with Crippen molar-refractivity contribution in [1.82, 2.24) is 5.32 Å². The van der Waals surface area contributed by atoms with E-state index in [4.69, 9.17) is 10.2 Å². The molecule has 10 heavy (non-hydrogen) atoms. The minimum Gasteiger partial charge on any atom is -0.480 e. The summed E-state index contributed by atoms with van der Waals surface area (Å²) in [4.78, 5) is 10.4. The quantitative estimate of drug-likeness (QED) is 0.444. The predicted molar refractivity (Wildman–Crippen MR) is 34.6 cm³/mol. The summed E-state index contributed by atoms with van der Waals surface area (Å²) in [5.74, 6) is -1.07. The van der Waals surface area contributed by atoms with Crippen LogP contribution in [0.1, 0.15) is 6.92 Å². The smallest absolute Gasteiger partial charge is 0.321 e. The summed E-state index contributed by atoms with van der Waals surface area (Å²) < 4.78 is 0. The standard InChI is InChI=1S/C6H11NO3/c1-3-4(8)2-7-5(3)6(9)10/h3-5,7-8H,2H2,1H3,(H,9,10)/t3-,4-,5+/m1/s1. The van der Waals surface area contributed by atoms with E-state index >= 15 is 0 Å². The number of hydrogen-bond acceptors (Lipinski definition) is 3. The van der Waals surface area contributed by atoms with Gasteiger partial charge < -0.3 is 15.5 Å². The fourth-order valence-corrected chi connectivity index (χ4v) is 1.15. The number of aliphatic hydroxyl groups excluding tert-OH is 1. The molecular weight excluding hydrogens is 134 g/mol. The zero-order chi connectivity index (χ0) is 7.72. The summed E-state index contributed by atoms with van der Waals surface area (Å²) in [6.07, 6.45) is -0.513. The first-order valence-corrected chi connectivity index (χ1v) is 3.27. The summed E-state index contributed by atoms with van der Waals surface area (Å²) in [7, 11) is 0. The van der Waals surface area contributed by atoms with Crippen LogP contribution in [-0.2, 0) is 4.79 Å². The zero-order valence-corrected chi connectivity index (χ0v) is 5.74. The molecule has 1 heterocycles. The maximum atomic E-state index is 10.4. The first kappa shape index (κ1) is 7.50. The number of aliphatic carboxylic acids is 1. The van der Waals surface area contributed by atoms with Crippen LogP contribution in [0.4, 0.5) is 0 Å². The number of hydrogen-bond donors (Lipinski definition) is 3. The number of aliphatic hydroxyl groups is 1. The van der Waals surface area contributed by atoms with Gasteiger partial charge >= 0.3 is 5.97 Å². The fourth-order valence-electron chi connectivity index (χ4n) is 1.15. The summed E-state index contributed by atoms with van der Waals surface area (Å²) in [5, 5.41) is 20.3. The van der Waals surface area contributed by atoms with Crippen molar-refractivity contribution in [1.29, 1.82) is 0 Å². The first-order valence-electron chi connectivity index (χ1n) is 3.27. The SMILES string of the molecule is C[C@@H]1[C@H](O)CN[C@@H]1C(=O)O. The lowest BCUT2D eigenvalue weighted by Gasteiger charge is -2.10. The molecule has 0 unspecified atom stereocenters. The Bertz CT molecular complexity index is 148. The van der Waals surface area contributed by atoms with Gasteiger partial charge in [0, 0.05) is 12.5 Å². The van der Waals surface area contributed by atoms with Crippen molar-refractivity contribution in [3.63, 3.8) is 0 Å². The fraction of sp³-hybridized carbons (Fsp3) is 0.833. The normalized spacial score (nSPS) is 40.0. The van der Waals surface area contributed by atoms with E-state index in [1.807, 2.05) is 0 Å². The van der Waals surface area contributed by atoms with Gasteiger partial charge in [0.1, 0.15) is 6.04 Å². The highest BCUT2D eigenvalue weighted by Crippen LogP contribution is 2.14. The minimum absolute atomic E-state index is 0.183. The number of carbonyl (C=O) groups is 1. The predicted octanol–water partition coefficient (Wildman–Crippen LogP) is -0.960. The number of nitrogens with one attached hydrogen (secondary N) is 1. The second kappa shape index (κ2) is 2.56. The van der Waals surface area contributed by atoms with Gasteiger partial charge in [-0.05, 0) is 0 Å². The zero-order valence-electron chi connectivity index (χ0n) is 5.74. The topological polar surface area (TPSA) is 69.6 Å². The van der Waals surface area contributed by atoms with Gasteiger partial charge in [-0.3, -0.25) is 4.79 Å². The van der Waals surface area contributed by atoms with Crippen LogP contribution in [0.3, 0.4) is 0 Å². The van der Waals surface area contributed by atoms with Crippen molar-refractivity contribution in [3.8, 4) is 0 Å². The van der Waals surface area contributed by atoms with E-state index in [0.717, 1.165) is 0 Å². The number of carboxylic acid groups (broad SMARTS) is 1. The molecule has 58 valence electrons. The van der Waals surface area contributed by atoms with Crippen LogP contribution < -0.4 is 5.32 Å². The Morgan fingerprint density at radius 3 is 2.50 bits per heavy atom. The molecule has 0 aromatic rings. The Balaban J connectivity index is 2.57. The van der Waals surface area contributed by atoms with Gasteiger partial charge in [-0.15, -0.1) is 0 Å².